The lowest BCUT2D eigenvalue weighted by Crippen LogP contribution is -2.18. The van der Waals surface area contributed by atoms with Gasteiger partial charge in [-0.15, -0.1) is 23.5 Å². The lowest BCUT2D eigenvalue weighted by atomic mass is 10.1. The molecular formula is C16H15Cl2N3O3S2. The van der Waals surface area contributed by atoms with Crippen molar-refractivity contribution >= 4 is 64.2 Å². The Labute approximate surface area is 169 Å². The zero-order chi connectivity index (χ0) is 18.7. The van der Waals surface area contributed by atoms with Crippen molar-refractivity contribution in [1.82, 2.24) is 5.16 Å². The number of nitrogens with one attached hydrogen (secondary N) is 1. The van der Waals surface area contributed by atoms with Crippen molar-refractivity contribution in [3.63, 3.8) is 0 Å². The minimum absolute atomic E-state index is 0.334. The smallest absolute Gasteiger partial charge is 0.359 e. The topological polar surface area (TPSA) is 76.7 Å². The molecule has 0 spiro atoms. The minimum atomic E-state index is -0.734. The molecule has 2 aromatic rings. The molecule has 0 saturated carbocycles. The zero-order valence-corrected chi connectivity index (χ0v) is 17.1. The van der Waals surface area contributed by atoms with Gasteiger partial charge in [-0.05, 0) is 26.0 Å². The molecule has 138 valence electrons. The van der Waals surface area contributed by atoms with Crippen molar-refractivity contribution in [3.05, 3.63) is 34.0 Å². The third kappa shape index (κ3) is 4.49. The number of nitrogens with zero attached hydrogens (tertiary/aromatic N) is 2. The highest BCUT2D eigenvalue weighted by molar-refractivity contribution is 8.18. The van der Waals surface area contributed by atoms with Gasteiger partial charge < -0.3 is 4.52 Å². The average molecular weight is 432 g/mol. The highest BCUT2D eigenvalue weighted by Crippen LogP contribution is 2.39. The summed E-state index contributed by atoms with van der Waals surface area (Å²) in [5.74, 6) is 1.89. The first-order chi connectivity index (χ1) is 12.5. The molecule has 0 radical (unpaired) electrons. The van der Waals surface area contributed by atoms with E-state index in [1.165, 1.54) is 0 Å². The number of aromatic nitrogens is 1. The van der Waals surface area contributed by atoms with E-state index in [1.807, 2.05) is 0 Å². The molecule has 0 atom stereocenters. The van der Waals surface area contributed by atoms with Crippen molar-refractivity contribution in [2.24, 2.45) is 5.16 Å². The van der Waals surface area contributed by atoms with Gasteiger partial charge >= 0.3 is 6.09 Å². The summed E-state index contributed by atoms with van der Waals surface area (Å²) in [6.45, 7) is 3.80. The van der Waals surface area contributed by atoms with Crippen molar-refractivity contribution < 1.29 is 14.2 Å². The molecule has 1 amide bonds. The van der Waals surface area contributed by atoms with Gasteiger partial charge in [0.2, 0.25) is 0 Å². The molecule has 10 heteroatoms. The predicted molar refractivity (Wildman–Crippen MR) is 109 cm³/mol. The number of anilines is 1. The minimum Gasteiger partial charge on any atom is -0.359 e. The number of benzene rings is 1. The second-order valence-electron chi connectivity index (χ2n) is 5.41. The fraction of sp³-hybridized carbons (Fsp3) is 0.312. The molecule has 1 aliphatic heterocycles. The summed E-state index contributed by atoms with van der Waals surface area (Å²) in [7, 11) is 0. The third-order valence-corrected chi connectivity index (χ3v) is 6.90. The second-order valence-corrected chi connectivity index (χ2v) is 9.18. The van der Waals surface area contributed by atoms with Crippen LogP contribution in [0.25, 0.3) is 11.3 Å². The molecule has 1 aliphatic rings. The van der Waals surface area contributed by atoms with Gasteiger partial charge in [0.25, 0.3) is 0 Å². The highest BCUT2D eigenvalue weighted by atomic mass is 35.5. The van der Waals surface area contributed by atoms with Crippen LogP contribution in [0.1, 0.15) is 12.7 Å². The molecule has 0 bridgehead atoms. The van der Waals surface area contributed by atoms with Crippen molar-refractivity contribution in [1.29, 1.82) is 0 Å². The van der Waals surface area contributed by atoms with Crippen molar-refractivity contribution in [2.75, 3.05) is 16.8 Å². The molecule has 3 rings (SSSR count). The van der Waals surface area contributed by atoms with Gasteiger partial charge in [0, 0.05) is 21.7 Å². The highest BCUT2D eigenvalue weighted by Gasteiger charge is 2.22. The fourth-order valence-electron chi connectivity index (χ4n) is 2.21. The maximum atomic E-state index is 12.1. The van der Waals surface area contributed by atoms with Crippen LogP contribution in [0.3, 0.4) is 0 Å². The number of oxime groups is 1. The first-order valence-electron chi connectivity index (χ1n) is 7.63. The molecule has 1 aromatic heterocycles. The van der Waals surface area contributed by atoms with Gasteiger partial charge in [-0.3, -0.25) is 10.2 Å². The van der Waals surface area contributed by atoms with Crippen LogP contribution in [0, 0.1) is 6.92 Å². The number of carbonyl (C=O) groups excluding carboxylic acids is 1. The molecule has 26 heavy (non-hydrogen) atoms. The lowest BCUT2D eigenvalue weighted by Gasteiger charge is -2.17. The normalized spacial score (nSPS) is 17.1. The monoisotopic (exact) mass is 431 g/mol. The molecule has 1 fully saturated rings. The Morgan fingerprint density at radius 2 is 2.00 bits per heavy atom. The third-order valence-electron chi connectivity index (χ3n) is 3.52. The zero-order valence-electron chi connectivity index (χ0n) is 13.9. The molecule has 1 N–H and O–H groups in total. The van der Waals surface area contributed by atoms with Gasteiger partial charge in [0.15, 0.2) is 5.76 Å². The van der Waals surface area contributed by atoms with Gasteiger partial charge in [-0.25, -0.2) is 4.79 Å². The number of hydrogen-bond acceptors (Lipinski definition) is 7. The van der Waals surface area contributed by atoms with Crippen LogP contribution >= 0.6 is 46.7 Å². The van der Waals surface area contributed by atoms with Crippen LogP contribution in [-0.4, -0.2) is 33.0 Å². The Balaban J connectivity index is 1.75. The first kappa shape index (κ1) is 19.4. The number of aryl methyl sites for hydroxylation is 1. The summed E-state index contributed by atoms with van der Waals surface area (Å²) < 4.78 is 5.71. The molecule has 1 aromatic carbocycles. The van der Waals surface area contributed by atoms with E-state index in [0.29, 0.717) is 37.3 Å². The maximum absolute atomic E-state index is 12.1. The Morgan fingerprint density at radius 1 is 1.35 bits per heavy atom. The largest absolute Gasteiger partial charge is 0.438 e. The first-order valence-corrected chi connectivity index (χ1v) is 10.5. The molecular weight excluding hydrogens is 417 g/mol. The number of amides is 1. The number of rotatable bonds is 3. The summed E-state index contributed by atoms with van der Waals surface area (Å²) >= 11 is 15.9. The standard InChI is InChI=1S/C16H15Cl2N3O3S2/c1-8-14(15(21-23-8)13-11(17)4-3-5-12(13)18)19-16(22)24-20-10-6-25-9(2)26-7-10/h3-5,9H,6-7H2,1-2H3,(H,19,22). The van der Waals surface area contributed by atoms with Crippen molar-refractivity contribution in [3.8, 4) is 11.3 Å². The predicted octanol–water partition coefficient (Wildman–Crippen LogP) is 5.69. The van der Waals surface area contributed by atoms with E-state index in [-0.39, 0.29) is 0 Å². The van der Waals surface area contributed by atoms with Gasteiger partial charge in [-0.2, -0.15) is 0 Å². The van der Waals surface area contributed by atoms with Crippen LogP contribution in [-0.2, 0) is 4.84 Å². The van der Waals surface area contributed by atoms with Gasteiger partial charge in [0.05, 0.1) is 15.8 Å². The van der Waals surface area contributed by atoms with Crippen LogP contribution in [0.15, 0.2) is 27.9 Å². The van der Waals surface area contributed by atoms with E-state index in [1.54, 1.807) is 48.6 Å². The molecule has 0 unspecified atom stereocenters. The van der Waals surface area contributed by atoms with Crippen LogP contribution in [0.4, 0.5) is 10.5 Å². The van der Waals surface area contributed by atoms with E-state index >= 15 is 0 Å². The quantitative estimate of drug-likeness (QED) is 0.496. The van der Waals surface area contributed by atoms with E-state index in [4.69, 9.17) is 32.6 Å². The summed E-state index contributed by atoms with van der Waals surface area (Å²) in [6, 6.07) is 5.08. The Bertz CT molecular complexity index is 827. The van der Waals surface area contributed by atoms with E-state index in [2.05, 4.69) is 22.6 Å². The van der Waals surface area contributed by atoms with Gasteiger partial charge in [0.1, 0.15) is 11.4 Å². The Hall–Kier alpha value is -1.35. The number of thioether (sulfide) groups is 2. The number of hydrogen-bond donors (Lipinski definition) is 1. The summed E-state index contributed by atoms with van der Waals surface area (Å²) in [5, 5.41) is 11.3. The number of halogens is 2. The summed E-state index contributed by atoms with van der Waals surface area (Å²) in [5.41, 5.74) is 1.97. The van der Waals surface area contributed by atoms with Crippen molar-refractivity contribution in [2.45, 2.75) is 18.4 Å². The molecule has 6 nitrogen and oxygen atoms in total. The average Bonchev–Trinajstić information content (AvgIpc) is 2.95. The second kappa shape index (κ2) is 8.56. The maximum Gasteiger partial charge on any atom is 0.438 e. The Kier molecular flexibility index (Phi) is 6.39. The SMILES string of the molecule is Cc1onc(-c2c(Cl)cccc2Cl)c1NC(=O)ON=C1CSC(C)SC1. The van der Waals surface area contributed by atoms with E-state index < -0.39 is 6.09 Å². The van der Waals surface area contributed by atoms with E-state index in [0.717, 1.165) is 17.2 Å². The van der Waals surface area contributed by atoms with Crippen LogP contribution < -0.4 is 5.32 Å². The summed E-state index contributed by atoms with van der Waals surface area (Å²) in [4.78, 5) is 17.1. The van der Waals surface area contributed by atoms with Crippen LogP contribution in [0.2, 0.25) is 10.0 Å². The van der Waals surface area contributed by atoms with Crippen LogP contribution in [0.5, 0.6) is 0 Å². The molecule has 0 aliphatic carbocycles. The number of carbonyl (C=O) groups is 1. The lowest BCUT2D eigenvalue weighted by molar-refractivity contribution is 0.166. The molecule has 2 heterocycles. The summed E-state index contributed by atoms with van der Waals surface area (Å²) in [6.07, 6.45) is -0.734. The van der Waals surface area contributed by atoms with E-state index in [9.17, 15) is 4.79 Å². The molecule has 1 saturated heterocycles. The Morgan fingerprint density at radius 3 is 2.65 bits per heavy atom. The fourth-order valence-corrected chi connectivity index (χ4v) is 4.88. The van der Waals surface area contributed by atoms with Gasteiger partial charge in [-0.1, -0.05) is 39.6 Å².